The molecular weight excluding hydrogens is 229 g/mol. The molecule has 0 radical (unpaired) electrons. The Labute approximate surface area is 96.2 Å². The van der Waals surface area contributed by atoms with Crippen LogP contribution in [-0.2, 0) is 0 Å². The number of aromatic amines is 1. The van der Waals surface area contributed by atoms with Gasteiger partial charge in [0.05, 0.1) is 19.0 Å². The van der Waals surface area contributed by atoms with Gasteiger partial charge in [-0.3, -0.25) is 0 Å². The highest BCUT2D eigenvalue weighted by molar-refractivity contribution is 7.71. The molecule has 0 saturated heterocycles. The Bertz CT molecular complexity index is 553. The molecule has 2 heterocycles. The molecule has 0 saturated carbocycles. The molecule has 2 aromatic heterocycles. The van der Waals surface area contributed by atoms with E-state index in [2.05, 4.69) is 15.0 Å². The molecule has 82 valence electrons. The average Bonchev–Trinajstić information content (AvgIpc) is 2.32. The predicted octanol–water partition coefficient (Wildman–Crippen LogP) is 2.35. The third-order valence-electron chi connectivity index (χ3n) is 2.00. The smallest absolute Gasteiger partial charge is 0.212 e. The summed E-state index contributed by atoms with van der Waals surface area (Å²) in [5, 5.41) is 0. The van der Waals surface area contributed by atoms with Crippen molar-refractivity contribution >= 4 is 12.2 Å². The van der Waals surface area contributed by atoms with Crippen molar-refractivity contribution in [2.24, 2.45) is 0 Å². The summed E-state index contributed by atoms with van der Waals surface area (Å²) in [6.45, 7) is 0. The Balaban J connectivity index is 2.50. The van der Waals surface area contributed by atoms with Gasteiger partial charge in [-0.2, -0.15) is 0 Å². The van der Waals surface area contributed by atoms with Gasteiger partial charge in [-0.1, -0.05) is 0 Å². The van der Waals surface area contributed by atoms with Crippen LogP contribution in [0.25, 0.3) is 11.3 Å². The zero-order valence-corrected chi connectivity index (χ0v) is 9.21. The van der Waals surface area contributed by atoms with E-state index in [1.54, 1.807) is 12.1 Å². The molecule has 0 aliphatic rings. The SMILES string of the molecule is COc1ccc(-c2[nH]c(=S)ncc2F)cn1. The summed E-state index contributed by atoms with van der Waals surface area (Å²) in [7, 11) is 1.52. The summed E-state index contributed by atoms with van der Waals surface area (Å²) in [6, 6.07) is 3.33. The zero-order chi connectivity index (χ0) is 11.5. The van der Waals surface area contributed by atoms with Crippen molar-refractivity contribution in [3.8, 4) is 17.1 Å². The minimum atomic E-state index is -0.472. The molecule has 0 aromatic carbocycles. The first kappa shape index (κ1) is 10.7. The molecule has 16 heavy (non-hydrogen) atoms. The highest BCUT2D eigenvalue weighted by atomic mass is 32.1. The molecule has 6 heteroatoms. The molecule has 0 fully saturated rings. The third kappa shape index (κ3) is 2.06. The fraction of sp³-hybridized carbons (Fsp3) is 0.100. The number of nitrogens with zero attached hydrogens (tertiary/aromatic N) is 2. The highest BCUT2D eigenvalue weighted by Gasteiger charge is 2.06. The van der Waals surface area contributed by atoms with Crippen LogP contribution in [0.4, 0.5) is 4.39 Å². The highest BCUT2D eigenvalue weighted by Crippen LogP contribution is 2.20. The van der Waals surface area contributed by atoms with Crippen LogP contribution < -0.4 is 4.74 Å². The summed E-state index contributed by atoms with van der Waals surface area (Å²) in [5.74, 6) is -0.00243. The first-order valence-electron chi connectivity index (χ1n) is 4.46. The van der Waals surface area contributed by atoms with E-state index < -0.39 is 5.82 Å². The van der Waals surface area contributed by atoms with Crippen LogP contribution in [0.1, 0.15) is 0 Å². The first-order valence-corrected chi connectivity index (χ1v) is 4.87. The maximum Gasteiger partial charge on any atom is 0.212 e. The topological polar surface area (TPSA) is 50.8 Å². The largest absolute Gasteiger partial charge is 0.481 e. The van der Waals surface area contributed by atoms with Crippen LogP contribution in [0.15, 0.2) is 24.5 Å². The van der Waals surface area contributed by atoms with Crippen molar-refractivity contribution in [2.75, 3.05) is 7.11 Å². The lowest BCUT2D eigenvalue weighted by molar-refractivity contribution is 0.398. The minimum Gasteiger partial charge on any atom is -0.481 e. The lowest BCUT2D eigenvalue weighted by Gasteiger charge is -2.03. The average molecular weight is 237 g/mol. The number of aromatic nitrogens is 3. The Morgan fingerprint density at radius 3 is 2.75 bits per heavy atom. The quantitative estimate of drug-likeness (QED) is 0.814. The van der Waals surface area contributed by atoms with Crippen LogP contribution >= 0.6 is 12.2 Å². The third-order valence-corrected chi connectivity index (χ3v) is 2.21. The molecule has 0 bridgehead atoms. The van der Waals surface area contributed by atoms with Crippen molar-refractivity contribution in [1.82, 2.24) is 15.0 Å². The number of methoxy groups -OCH3 is 1. The number of ether oxygens (including phenoxy) is 1. The van der Waals surface area contributed by atoms with Gasteiger partial charge < -0.3 is 9.72 Å². The molecule has 2 rings (SSSR count). The first-order chi connectivity index (χ1) is 7.70. The summed E-state index contributed by atoms with van der Waals surface area (Å²) in [4.78, 5) is 10.3. The molecule has 1 N–H and O–H groups in total. The van der Waals surface area contributed by atoms with Gasteiger partial charge in [0.2, 0.25) is 5.88 Å². The van der Waals surface area contributed by atoms with Gasteiger partial charge >= 0.3 is 0 Å². The van der Waals surface area contributed by atoms with Gasteiger partial charge in [0.25, 0.3) is 0 Å². The summed E-state index contributed by atoms with van der Waals surface area (Å²) >= 11 is 4.83. The van der Waals surface area contributed by atoms with E-state index in [1.165, 1.54) is 13.3 Å². The lowest BCUT2D eigenvalue weighted by Crippen LogP contribution is -1.93. The van der Waals surface area contributed by atoms with Gasteiger partial charge in [0.1, 0.15) is 0 Å². The van der Waals surface area contributed by atoms with Crippen molar-refractivity contribution in [2.45, 2.75) is 0 Å². The Morgan fingerprint density at radius 2 is 2.12 bits per heavy atom. The van der Waals surface area contributed by atoms with E-state index in [4.69, 9.17) is 17.0 Å². The molecule has 0 amide bonds. The second-order valence-electron chi connectivity index (χ2n) is 3.00. The molecule has 2 aromatic rings. The molecule has 4 nitrogen and oxygen atoms in total. The predicted molar refractivity (Wildman–Crippen MR) is 59.2 cm³/mol. The van der Waals surface area contributed by atoms with E-state index in [9.17, 15) is 4.39 Å². The second kappa shape index (κ2) is 4.36. The number of pyridine rings is 1. The summed E-state index contributed by atoms with van der Waals surface area (Å²) < 4.78 is 18.6. The van der Waals surface area contributed by atoms with Crippen LogP contribution in [0.3, 0.4) is 0 Å². The molecule has 0 spiro atoms. The van der Waals surface area contributed by atoms with Crippen molar-refractivity contribution in [3.05, 3.63) is 35.1 Å². The fourth-order valence-electron chi connectivity index (χ4n) is 1.24. The number of rotatable bonds is 2. The van der Waals surface area contributed by atoms with E-state index in [0.717, 1.165) is 6.20 Å². The van der Waals surface area contributed by atoms with E-state index >= 15 is 0 Å². The van der Waals surface area contributed by atoms with Gasteiger partial charge in [0.15, 0.2) is 10.6 Å². The monoisotopic (exact) mass is 237 g/mol. The molecule has 0 aliphatic heterocycles. The van der Waals surface area contributed by atoms with E-state index in [-0.39, 0.29) is 10.5 Å². The molecule has 0 unspecified atom stereocenters. The molecule has 0 atom stereocenters. The number of nitrogens with one attached hydrogen (secondary N) is 1. The van der Waals surface area contributed by atoms with Crippen LogP contribution in [0, 0.1) is 10.6 Å². The van der Waals surface area contributed by atoms with Crippen LogP contribution in [0.2, 0.25) is 0 Å². The number of hydrogen-bond donors (Lipinski definition) is 1. The van der Waals surface area contributed by atoms with Crippen LogP contribution in [-0.4, -0.2) is 22.1 Å². The molecular formula is C10H8FN3OS. The summed E-state index contributed by atoms with van der Waals surface area (Å²) in [6.07, 6.45) is 2.58. The van der Waals surface area contributed by atoms with Crippen LogP contribution in [0.5, 0.6) is 5.88 Å². The Morgan fingerprint density at radius 1 is 1.31 bits per heavy atom. The maximum absolute atomic E-state index is 13.4. The lowest BCUT2D eigenvalue weighted by atomic mass is 10.2. The fourth-order valence-corrected chi connectivity index (χ4v) is 1.39. The van der Waals surface area contributed by atoms with Crippen molar-refractivity contribution < 1.29 is 9.13 Å². The maximum atomic E-state index is 13.4. The standard InChI is InChI=1S/C10H8FN3OS/c1-15-8-3-2-6(4-12-8)9-7(11)5-13-10(16)14-9/h2-5H,1H3,(H,13,14,16). The van der Waals surface area contributed by atoms with E-state index in [0.29, 0.717) is 11.4 Å². The second-order valence-corrected chi connectivity index (χ2v) is 3.39. The van der Waals surface area contributed by atoms with Crippen molar-refractivity contribution in [3.63, 3.8) is 0 Å². The number of H-pyrrole nitrogens is 1. The van der Waals surface area contributed by atoms with Gasteiger partial charge in [-0.25, -0.2) is 14.4 Å². The van der Waals surface area contributed by atoms with Crippen molar-refractivity contribution in [1.29, 1.82) is 0 Å². The van der Waals surface area contributed by atoms with Gasteiger partial charge in [-0.05, 0) is 18.3 Å². The Hall–Kier alpha value is -1.82. The van der Waals surface area contributed by atoms with Gasteiger partial charge in [-0.15, -0.1) is 0 Å². The Kier molecular flexibility index (Phi) is 2.91. The number of halogens is 1. The number of hydrogen-bond acceptors (Lipinski definition) is 4. The zero-order valence-electron chi connectivity index (χ0n) is 8.40. The summed E-state index contributed by atoms with van der Waals surface area (Å²) in [5.41, 5.74) is 0.863. The molecule has 0 aliphatic carbocycles. The minimum absolute atomic E-state index is 0.229. The van der Waals surface area contributed by atoms with E-state index in [1.807, 2.05) is 0 Å². The van der Waals surface area contributed by atoms with Gasteiger partial charge in [0, 0.05) is 17.8 Å². The normalized spacial score (nSPS) is 10.1.